The number of nitrogens with one attached hydrogen (secondary N) is 1. The van der Waals surface area contributed by atoms with Gasteiger partial charge in [0.15, 0.2) is 11.5 Å². The van der Waals surface area contributed by atoms with E-state index in [4.69, 9.17) is 26.1 Å². The molecule has 1 aliphatic rings. The Morgan fingerprint density at radius 2 is 1.76 bits per heavy atom. The van der Waals surface area contributed by atoms with E-state index in [9.17, 15) is 0 Å². The smallest absolute Gasteiger partial charge is 0.299 e. The minimum atomic E-state index is 0.283. The van der Waals surface area contributed by atoms with Crippen LogP contribution in [-0.2, 0) is 6.42 Å². The van der Waals surface area contributed by atoms with Crippen LogP contribution in [0.3, 0.4) is 0 Å². The number of oxazole rings is 1. The summed E-state index contributed by atoms with van der Waals surface area (Å²) in [6.45, 7) is 0.772. The lowest BCUT2D eigenvalue weighted by Crippen LogP contribution is -2.49. The SMILES string of the molecule is C[N+]1(COc2ccccc2OCCc2coc(-c3ccccc3)n2)C=NNC1=S. The van der Waals surface area contributed by atoms with Gasteiger partial charge in [0.25, 0.3) is 5.11 Å². The number of benzene rings is 2. The third-order valence-electron chi connectivity index (χ3n) is 4.46. The Bertz CT molecular complexity index is 1020. The second-order valence-corrected chi connectivity index (χ2v) is 7.14. The highest BCUT2D eigenvalue weighted by atomic mass is 32.1. The third kappa shape index (κ3) is 4.44. The lowest BCUT2D eigenvalue weighted by atomic mass is 10.2. The highest BCUT2D eigenvalue weighted by Crippen LogP contribution is 2.27. The molecule has 1 N–H and O–H groups in total. The van der Waals surface area contributed by atoms with Crippen molar-refractivity contribution in [3.05, 3.63) is 66.6 Å². The summed E-state index contributed by atoms with van der Waals surface area (Å²) in [5, 5.41) is 4.57. The average Bonchev–Trinajstić information content (AvgIpc) is 3.35. The number of nitrogens with zero attached hydrogens (tertiary/aromatic N) is 3. The maximum atomic E-state index is 5.95. The molecule has 1 aliphatic heterocycles. The molecule has 1 unspecified atom stereocenters. The second-order valence-electron chi connectivity index (χ2n) is 6.76. The molecule has 0 saturated heterocycles. The van der Waals surface area contributed by atoms with Crippen molar-refractivity contribution in [2.24, 2.45) is 5.10 Å². The lowest BCUT2D eigenvalue weighted by Gasteiger charge is -2.23. The fraction of sp³-hybridized carbons (Fsp3) is 0.190. The molecule has 8 heteroatoms. The number of ether oxygens (including phenoxy) is 2. The van der Waals surface area contributed by atoms with Crippen LogP contribution < -0.4 is 14.9 Å². The molecule has 0 amide bonds. The van der Waals surface area contributed by atoms with Gasteiger partial charge in [0.1, 0.15) is 6.26 Å². The second kappa shape index (κ2) is 8.42. The van der Waals surface area contributed by atoms with Gasteiger partial charge in [0, 0.05) is 24.2 Å². The van der Waals surface area contributed by atoms with Crippen molar-refractivity contribution < 1.29 is 18.4 Å². The molecule has 0 bridgehead atoms. The monoisotopic (exact) mass is 409 g/mol. The molecular formula is C21H21N4O3S+. The van der Waals surface area contributed by atoms with Crippen LogP contribution >= 0.6 is 12.2 Å². The van der Waals surface area contributed by atoms with Crippen LogP contribution in [0, 0.1) is 0 Å². The fourth-order valence-electron chi connectivity index (χ4n) is 2.76. The van der Waals surface area contributed by atoms with E-state index in [0.717, 1.165) is 11.3 Å². The van der Waals surface area contributed by atoms with Crippen LogP contribution in [0.25, 0.3) is 11.5 Å². The Hall–Kier alpha value is -3.23. The number of hydrogen-bond acceptors (Lipinski definition) is 6. The quantitative estimate of drug-likeness (QED) is 0.453. The maximum Gasteiger partial charge on any atom is 0.299 e. The molecule has 4 rings (SSSR count). The Morgan fingerprint density at radius 3 is 2.48 bits per heavy atom. The Balaban J connectivity index is 1.34. The van der Waals surface area contributed by atoms with E-state index in [1.54, 1.807) is 12.6 Å². The summed E-state index contributed by atoms with van der Waals surface area (Å²) in [5.41, 5.74) is 4.56. The van der Waals surface area contributed by atoms with E-state index < -0.39 is 0 Å². The van der Waals surface area contributed by atoms with Gasteiger partial charge in [0.05, 0.1) is 19.3 Å². The summed E-state index contributed by atoms with van der Waals surface area (Å²) < 4.78 is 17.7. The molecule has 3 aromatic rings. The first-order valence-corrected chi connectivity index (χ1v) is 9.59. The van der Waals surface area contributed by atoms with Crippen LogP contribution in [0.1, 0.15) is 5.69 Å². The molecule has 0 radical (unpaired) electrons. The summed E-state index contributed by atoms with van der Waals surface area (Å²) in [5.74, 6) is 1.93. The zero-order valence-corrected chi connectivity index (χ0v) is 16.8. The van der Waals surface area contributed by atoms with Crippen LogP contribution in [-0.4, -0.2) is 41.3 Å². The third-order valence-corrected chi connectivity index (χ3v) is 4.97. The number of para-hydroxylation sites is 2. The number of quaternary nitrogens is 1. The fourth-order valence-corrected chi connectivity index (χ4v) is 2.92. The molecule has 1 aromatic heterocycles. The molecule has 1 atom stereocenters. The molecule has 148 valence electrons. The van der Waals surface area contributed by atoms with Gasteiger partial charge in [-0.25, -0.2) is 10.4 Å². The van der Waals surface area contributed by atoms with Gasteiger partial charge in [-0.05, 0) is 24.3 Å². The summed E-state index contributed by atoms with van der Waals surface area (Å²) in [7, 11) is 1.92. The Labute approximate surface area is 174 Å². The van der Waals surface area contributed by atoms with Crippen molar-refractivity contribution in [2.45, 2.75) is 6.42 Å². The molecule has 0 spiro atoms. The van der Waals surface area contributed by atoms with Crippen LogP contribution in [0.15, 0.2) is 70.4 Å². The highest BCUT2D eigenvalue weighted by Gasteiger charge is 2.32. The van der Waals surface area contributed by atoms with Crippen molar-refractivity contribution in [1.29, 1.82) is 0 Å². The summed E-state index contributed by atoms with van der Waals surface area (Å²) >= 11 is 5.27. The standard InChI is InChI=1S/C21H20N4O3S/c1-25(14-22-24-21(25)29)15-28-19-10-6-5-9-18(19)26-12-11-17-13-27-20(23-17)16-7-3-2-4-8-16/h2-10,13-14H,11-12,15H2,1H3/p+1. The van der Waals surface area contributed by atoms with Crippen molar-refractivity contribution in [1.82, 2.24) is 10.4 Å². The zero-order valence-electron chi connectivity index (χ0n) is 15.9. The van der Waals surface area contributed by atoms with Gasteiger partial charge in [-0.2, -0.15) is 4.48 Å². The van der Waals surface area contributed by atoms with E-state index in [1.807, 2.05) is 61.6 Å². The first kappa shape index (κ1) is 19.1. The minimum Gasteiger partial charge on any atom is -0.489 e. The summed E-state index contributed by atoms with van der Waals surface area (Å²) in [6.07, 6.45) is 4.00. The predicted octanol–water partition coefficient (Wildman–Crippen LogP) is 3.58. The van der Waals surface area contributed by atoms with Crippen molar-refractivity contribution in [3.8, 4) is 23.0 Å². The molecule has 2 heterocycles. The van der Waals surface area contributed by atoms with Gasteiger partial charge < -0.3 is 13.9 Å². The van der Waals surface area contributed by atoms with Crippen LogP contribution in [0.2, 0.25) is 0 Å². The summed E-state index contributed by atoms with van der Waals surface area (Å²) in [6, 6.07) is 17.4. The van der Waals surface area contributed by atoms with Gasteiger partial charge in [-0.3, -0.25) is 0 Å². The topological polar surface area (TPSA) is 68.9 Å². The first-order chi connectivity index (χ1) is 14.1. The van der Waals surface area contributed by atoms with Crippen molar-refractivity contribution >= 4 is 23.7 Å². The Kier molecular flexibility index (Phi) is 5.55. The minimum absolute atomic E-state index is 0.283. The first-order valence-electron chi connectivity index (χ1n) is 9.18. The normalized spacial score (nSPS) is 17.9. The van der Waals surface area contributed by atoms with E-state index in [2.05, 4.69) is 15.5 Å². The molecule has 0 fully saturated rings. The zero-order chi connectivity index (χ0) is 20.1. The van der Waals surface area contributed by atoms with Crippen molar-refractivity contribution in [3.63, 3.8) is 0 Å². The molecule has 2 aromatic carbocycles. The largest absolute Gasteiger partial charge is 0.489 e. The number of hydrogen-bond donors (Lipinski definition) is 1. The van der Waals surface area contributed by atoms with Gasteiger partial charge in [-0.1, -0.05) is 30.3 Å². The Morgan fingerprint density at radius 1 is 1.03 bits per heavy atom. The van der Waals surface area contributed by atoms with Crippen LogP contribution in [0.5, 0.6) is 11.5 Å². The van der Waals surface area contributed by atoms with Crippen LogP contribution in [0.4, 0.5) is 0 Å². The van der Waals surface area contributed by atoms with Gasteiger partial charge in [-0.15, -0.1) is 5.10 Å². The number of hydrazone groups is 1. The van der Waals surface area contributed by atoms with E-state index in [1.165, 1.54) is 0 Å². The van der Waals surface area contributed by atoms with Gasteiger partial charge in [0.2, 0.25) is 19.0 Å². The van der Waals surface area contributed by atoms with Gasteiger partial charge >= 0.3 is 0 Å². The van der Waals surface area contributed by atoms with E-state index >= 15 is 0 Å². The summed E-state index contributed by atoms with van der Waals surface area (Å²) in [4.78, 5) is 4.52. The number of aromatic nitrogens is 1. The van der Waals surface area contributed by atoms with Crippen molar-refractivity contribution in [2.75, 3.05) is 20.4 Å². The maximum absolute atomic E-state index is 5.95. The molecular weight excluding hydrogens is 388 g/mol. The van der Waals surface area contributed by atoms with E-state index in [0.29, 0.717) is 42.3 Å². The predicted molar refractivity (Wildman–Crippen MR) is 113 cm³/mol. The van der Waals surface area contributed by atoms with E-state index in [-0.39, 0.29) is 4.48 Å². The lowest BCUT2D eigenvalue weighted by molar-refractivity contribution is -0.734. The number of rotatable bonds is 8. The average molecular weight is 409 g/mol. The molecule has 29 heavy (non-hydrogen) atoms. The molecule has 0 aliphatic carbocycles. The molecule has 0 saturated carbocycles. The highest BCUT2D eigenvalue weighted by molar-refractivity contribution is 7.80. The molecule has 7 nitrogen and oxygen atoms in total. The number of thiocarbonyl (C=S) groups is 1.